The summed E-state index contributed by atoms with van der Waals surface area (Å²) in [5.41, 5.74) is 7.03. The average molecular weight is 479 g/mol. The molecule has 1 aromatic heterocycles. The predicted octanol–water partition coefficient (Wildman–Crippen LogP) is 4.52. The lowest BCUT2D eigenvalue weighted by molar-refractivity contribution is 0.0846. The van der Waals surface area contributed by atoms with Crippen molar-refractivity contribution in [3.63, 3.8) is 0 Å². The van der Waals surface area contributed by atoms with Crippen molar-refractivity contribution in [3.05, 3.63) is 106 Å². The van der Waals surface area contributed by atoms with Gasteiger partial charge in [-0.25, -0.2) is 9.07 Å². The Morgan fingerprint density at radius 1 is 0.839 bits per heavy atom. The highest BCUT2D eigenvalue weighted by molar-refractivity contribution is 9.10. The van der Waals surface area contributed by atoms with Crippen molar-refractivity contribution in [3.8, 4) is 16.9 Å². The minimum absolute atomic E-state index is 0.0589. The Balaban J connectivity index is 1.61. The van der Waals surface area contributed by atoms with Gasteiger partial charge >= 0.3 is 0 Å². The number of hydrazine groups is 1. The molecule has 31 heavy (non-hydrogen) atoms. The van der Waals surface area contributed by atoms with Gasteiger partial charge in [0, 0.05) is 16.2 Å². The zero-order valence-corrected chi connectivity index (χ0v) is 17.6. The van der Waals surface area contributed by atoms with E-state index in [1.807, 2.05) is 60.7 Å². The predicted molar refractivity (Wildman–Crippen MR) is 118 cm³/mol. The number of hydrogen-bond donors (Lipinski definition) is 2. The van der Waals surface area contributed by atoms with Crippen LogP contribution < -0.4 is 10.9 Å². The van der Waals surface area contributed by atoms with E-state index in [-0.39, 0.29) is 11.1 Å². The number of carbonyl (C=O) groups is 2. The molecule has 0 aliphatic rings. The first-order valence-corrected chi connectivity index (χ1v) is 10.1. The third-order valence-corrected chi connectivity index (χ3v) is 5.18. The van der Waals surface area contributed by atoms with E-state index in [9.17, 15) is 14.0 Å². The van der Waals surface area contributed by atoms with Gasteiger partial charge in [-0.3, -0.25) is 20.4 Å². The van der Waals surface area contributed by atoms with E-state index < -0.39 is 17.6 Å². The Bertz CT molecular complexity index is 1240. The highest BCUT2D eigenvalue weighted by atomic mass is 79.9. The molecule has 3 aromatic carbocycles. The number of carbonyl (C=O) groups excluding carboxylic acids is 2. The summed E-state index contributed by atoms with van der Waals surface area (Å²) < 4.78 is 15.5. The van der Waals surface area contributed by atoms with E-state index in [2.05, 4.69) is 31.9 Å². The summed E-state index contributed by atoms with van der Waals surface area (Å²) in [6.45, 7) is 0. The number of nitrogens with zero attached hydrogens (tertiary/aromatic N) is 2. The summed E-state index contributed by atoms with van der Waals surface area (Å²) in [7, 11) is 0. The van der Waals surface area contributed by atoms with Gasteiger partial charge in [-0.05, 0) is 46.3 Å². The molecule has 0 aliphatic heterocycles. The lowest BCUT2D eigenvalue weighted by Crippen LogP contribution is -2.41. The van der Waals surface area contributed by atoms with Crippen LogP contribution in [-0.4, -0.2) is 21.6 Å². The second-order valence-electron chi connectivity index (χ2n) is 6.57. The SMILES string of the molecule is O=C(NNC(=O)c1cn(-c2ccccc2)nc1-c1ccccc1)c1cc(F)ccc1Br. The summed E-state index contributed by atoms with van der Waals surface area (Å²) in [4.78, 5) is 25.3. The third kappa shape index (κ3) is 4.54. The monoisotopic (exact) mass is 478 g/mol. The zero-order chi connectivity index (χ0) is 21.8. The topological polar surface area (TPSA) is 76.0 Å². The highest BCUT2D eigenvalue weighted by Crippen LogP contribution is 2.23. The van der Waals surface area contributed by atoms with Crippen LogP contribution in [-0.2, 0) is 0 Å². The highest BCUT2D eigenvalue weighted by Gasteiger charge is 2.20. The fourth-order valence-electron chi connectivity index (χ4n) is 2.98. The molecular formula is C23H16BrFN4O2. The molecule has 6 nitrogen and oxygen atoms in total. The number of nitrogens with one attached hydrogen (secondary N) is 2. The molecule has 154 valence electrons. The van der Waals surface area contributed by atoms with E-state index in [0.717, 1.165) is 17.3 Å². The van der Waals surface area contributed by atoms with Crippen molar-refractivity contribution in [2.24, 2.45) is 0 Å². The molecule has 0 bridgehead atoms. The molecule has 8 heteroatoms. The van der Waals surface area contributed by atoms with Crippen molar-refractivity contribution in [2.75, 3.05) is 0 Å². The van der Waals surface area contributed by atoms with Crippen LogP contribution >= 0.6 is 15.9 Å². The largest absolute Gasteiger partial charge is 0.273 e. The molecule has 0 atom stereocenters. The van der Waals surface area contributed by atoms with Gasteiger partial charge in [-0.1, -0.05) is 48.5 Å². The Labute approximate surface area is 185 Å². The molecular weight excluding hydrogens is 463 g/mol. The van der Waals surface area contributed by atoms with Crippen molar-refractivity contribution in [1.82, 2.24) is 20.6 Å². The zero-order valence-electron chi connectivity index (χ0n) is 16.0. The number of rotatable bonds is 4. The Hall–Kier alpha value is -3.78. The first-order chi connectivity index (χ1) is 15.0. The maximum Gasteiger partial charge on any atom is 0.273 e. The van der Waals surface area contributed by atoms with Crippen molar-refractivity contribution < 1.29 is 14.0 Å². The number of para-hydroxylation sites is 1. The second kappa shape index (κ2) is 8.93. The molecule has 4 aromatic rings. The summed E-state index contributed by atoms with van der Waals surface area (Å²) >= 11 is 3.20. The number of halogens is 2. The molecule has 0 unspecified atom stereocenters. The first kappa shape index (κ1) is 20.5. The van der Waals surface area contributed by atoms with E-state index in [4.69, 9.17) is 0 Å². The maximum atomic E-state index is 13.5. The van der Waals surface area contributed by atoms with Crippen LogP contribution in [0.5, 0.6) is 0 Å². The van der Waals surface area contributed by atoms with E-state index in [0.29, 0.717) is 10.2 Å². The van der Waals surface area contributed by atoms with Crippen molar-refractivity contribution in [2.45, 2.75) is 0 Å². The molecule has 2 N–H and O–H groups in total. The Morgan fingerprint density at radius 2 is 1.45 bits per heavy atom. The van der Waals surface area contributed by atoms with Crippen LogP contribution in [0.25, 0.3) is 16.9 Å². The molecule has 0 fully saturated rings. The van der Waals surface area contributed by atoms with Crippen molar-refractivity contribution >= 4 is 27.7 Å². The van der Waals surface area contributed by atoms with Gasteiger partial charge in [0.15, 0.2) is 0 Å². The normalized spacial score (nSPS) is 10.5. The van der Waals surface area contributed by atoms with Gasteiger partial charge in [0.1, 0.15) is 11.5 Å². The molecule has 0 saturated heterocycles. The Kier molecular flexibility index (Phi) is 5.90. The fraction of sp³-hybridized carbons (Fsp3) is 0. The molecule has 2 amide bonds. The van der Waals surface area contributed by atoms with Crippen LogP contribution in [0.4, 0.5) is 4.39 Å². The van der Waals surface area contributed by atoms with Gasteiger partial charge in [0.2, 0.25) is 0 Å². The van der Waals surface area contributed by atoms with Crippen LogP contribution in [0.2, 0.25) is 0 Å². The minimum Gasteiger partial charge on any atom is -0.267 e. The average Bonchev–Trinajstić information content (AvgIpc) is 3.26. The van der Waals surface area contributed by atoms with Gasteiger partial charge in [-0.15, -0.1) is 0 Å². The quantitative estimate of drug-likeness (QED) is 0.423. The lowest BCUT2D eigenvalue weighted by Gasteiger charge is -2.09. The van der Waals surface area contributed by atoms with E-state index in [1.54, 1.807) is 10.9 Å². The number of aromatic nitrogens is 2. The standard InChI is InChI=1S/C23H16BrFN4O2/c24-20-12-11-16(25)13-18(20)22(30)26-27-23(31)19-14-29(17-9-5-2-6-10-17)28-21(19)15-7-3-1-4-8-15/h1-14H,(H,26,30)(H,27,31). The molecule has 0 spiro atoms. The Morgan fingerprint density at radius 3 is 2.13 bits per heavy atom. The van der Waals surface area contributed by atoms with Gasteiger partial charge in [-0.2, -0.15) is 5.10 Å². The minimum atomic E-state index is -0.656. The van der Waals surface area contributed by atoms with Crippen LogP contribution in [0.15, 0.2) is 89.5 Å². The number of amides is 2. The molecule has 0 radical (unpaired) electrons. The van der Waals surface area contributed by atoms with E-state index in [1.165, 1.54) is 12.1 Å². The third-order valence-electron chi connectivity index (χ3n) is 4.49. The summed E-state index contributed by atoms with van der Waals surface area (Å²) in [5, 5.41) is 4.57. The molecule has 0 aliphatic carbocycles. The maximum absolute atomic E-state index is 13.5. The summed E-state index contributed by atoms with van der Waals surface area (Å²) in [6.07, 6.45) is 1.59. The van der Waals surface area contributed by atoms with Crippen LogP contribution in [0, 0.1) is 5.82 Å². The van der Waals surface area contributed by atoms with Crippen LogP contribution in [0.1, 0.15) is 20.7 Å². The van der Waals surface area contributed by atoms with Gasteiger partial charge in [0.05, 0.1) is 16.8 Å². The molecule has 0 saturated carbocycles. The van der Waals surface area contributed by atoms with E-state index >= 15 is 0 Å². The van der Waals surface area contributed by atoms with Crippen LogP contribution in [0.3, 0.4) is 0 Å². The fourth-order valence-corrected chi connectivity index (χ4v) is 3.41. The summed E-state index contributed by atoms with van der Waals surface area (Å²) in [5.74, 6) is -1.77. The molecule has 1 heterocycles. The second-order valence-corrected chi connectivity index (χ2v) is 7.42. The number of benzene rings is 3. The summed E-state index contributed by atoms with van der Waals surface area (Å²) in [6, 6.07) is 22.3. The lowest BCUT2D eigenvalue weighted by atomic mass is 10.1. The smallest absolute Gasteiger partial charge is 0.267 e. The van der Waals surface area contributed by atoms with Gasteiger partial charge in [0.25, 0.3) is 11.8 Å². The number of hydrogen-bond acceptors (Lipinski definition) is 3. The van der Waals surface area contributed by atoms with Gasteiger partial charge < -0.3 is 0 Å². The molecule has 4 rings (SSSR count). The first-order valence-electron chi connectivity index (χ1n) is 9.29. The van der Waals surface area contributed by atoms with Crippen molar-refractivity contribution in [1.29, 1.82) is 0 Å².